The predicted molar refractivity (Wildman–Crippen MR) is 44.4 cm³/mol. The lowest BCUT2D eigenvalue weighted by Gasteiger charge is -1.90. The fourth-order valence-electron chi connectivity index (χ4n) is 0.640. The number of halogens is 1. The van der Waals surface area contributed by atoms with Crippen molar-refractivity contribution in [2.24, 2.45) is 0 Å². The van der Waals surface area contributed by atoms with Crippen LogP contribution in [0, 0.1) is 6.08 Å². The van der Waals surface area contributed by atoms with Crippen molar-refractivity contribution in [1.82, 2.24) is 0 Å². The number of hydrogen-bond donors (Lipinski definition) is 0. The van der Waals surface area contributed by atoms with E-state index in [0.29, 0.717) is 0 Å². The first kappa shape index (κ1) is 8.47. The van der Waals surface area contributed by atoms with Crippen LogP contribution in [0.3, 0.4) is 0 Å². The Bertz CT molecular complexity index is 347. The Balaban J connectivity index is 3.08. The van der Waals surface area contributed by atoms with Crippen molar-refractivity contribution < 1.29 is 8.42 Å². The zero-order valence-electron chi connectivity index (χ0n) is 5.83. The van der Waals surface area contributed by atoms with E-state index in [4.69, 9.17) is 10.7 Å². The van der Waals surface area contributed by atoms with E-state index in [-0.39, 0.29) is 4.91 Å². The van der Waals surface area contributed by atoms with Crippen molar-refractivity contribution >= 4 is 19.7 Å². The van der Waals surface area contributed by atoms with Gasteiger partial charge < -0.3 is 0 Å². The maximum atomic E-state index is 10.7. The van der Waals surface area contributed by atoms with Crippen molar-refractivity contribution in [2.75, 3.05) is 0 Å². The SMILES string of the molecule is CC1=[C+]C=C(S(=O)(=O)Cl)C=C1. The summed E-state index contributed by atoms with van der Waals surface area (Å²) < 4.78 is 21.4. The molecule has 0 radical (unpaired) electrons. The second-order valence-corrected chi connectivity index (χ2v) is 4.71. The van der Waals surface area contributed by atoms with Gasteiger partial charge in [0.25, 0.3) is 0 Å². The summed E-state index contributed by atoms with van der Waals surface area (Å²) in [5.41, 5.74) is 0.883. The molecular formula is C7H6ClO2S+. The molecule has 0 aromatic carbocycles. The molecule has 58 valence electrons. The second kappa shape index (κ2) is 2.78. The summed E-state index contributed by atoms with van der Waals surface area (Å²) in [7, 11) is 1.48. The van der Waals surface area contributed by atoms with Gasteiger partial charge in [0.2, 0.25) is 0 Å². The van der Waals surface area contributed by atoms with E-state index in [2.05, 4.69) is 6.08 Å². The highest BCUT2D eigenvalue weighted by Gasteiger charge is 2.19. The molecule has 1 rings (SSSR count). The van der Waals surface area contributed by atoms with Crippen LogP contribution in [0.25, 0.3) is 0 Å². The fraction of sp³-hybridized carbons (Fsp3) is 0.143. The Kier molecular flexibility index (Phi) is 2.14. The van der Waals surface area contributed by atoms with E-state index in [9.17, 15) is 8.42 Å². The molecule has 0 N–H and O–H groups in total. The Morgan fingerprint density at radius 1 is 1.45 bits per heavy atom. The molecule has 1 aliphatic carbocycles. The highest BCUT2D eigenvalue weighted by Crippen LogP contribution is 2.17. The Morgan fingerprint density at radius 2 is 2.09 bits per heavy atom. The normalized spacial score (nSPS) is 16.9. The van der Waals surface area contributed by atoms with Gasteiger partial charge in [0, 0.05) is 16.8 Å². The van der Waals surface area contributed by atoms with Crippen LogP contribution in [0.4, 0.5) is 0 Å². The number of hydrogen-bond acceptors (Lipinski definition) is 2. The summed E-state index contributed by atoms with van der Waals surface area (Å²) in [5.74, 6) is 0. The zero-order chi connectivity index (χ0) is 8.48. The zero-order valence-corrected chi connectivity index (χ0v) is 7.41. The van der Waals surface area contributed by atoms with E-state index in [1.165, 1.54) is 12.2 Å². The highest BCUT2D eigenvalue weighted by molar-refractivity contribution is 8.17. The molecule has 0 aliphatic heterocycles. The van der Waals surface area contributed by atoms with Crippen LogP contribution in [0.2, 0.25) is 0 Å². The molecule has 0 saturated carbocycles. The third kappa shape index (κ3) is 2.15. The quantitative estimate of drug-likeness (QED) is 0.465. The number of rotatable bonds is 1. The van der Waals surface area contributed by atoms with E-state index in [1.807, 2.05) is 6.92 Å². The molecule has 0 amide bonds. The fourth-order valence-corrected chi connectivity index (χ4v) is 1.36. The molecule has 2 nitrogen and oxygen atoms in total. The van der Waals surface area contributed by atoms with Gasteiger partial charge in [-0.3, -0.25) is 0 Å². The molecule has 0 atom stereocenters. The lowest BCUT2D eigenvalue weighted by atomic mass is 10.2. The van der Waals surface area contributed by atoms with Crippen molar-refractivity contribution in [3.63, 3.8) is 0 Å². The molecule has 0 saturated heterocycles. The first-order valence-corrected chi connectivity index (χ1v) is 5.24. The van der Waals surface area contributed by atoms with Crippen LogP contribution in [-0.2, 0) is 9.05 Å². The molecule has 4 heteroatoms. The first-order chi connectivity index (χ1) is 5.00. The van der Waals surface area contributed by atoms with Crippen LogP contribution in [-0.4, -0.2) is 8.42 Å². The van der Waals surface area contributed by atoms with Gasteiger partial charge in [-0.1, -0.05) is 0 Å². The molecule has 11 heavy (non-hydrogen) atoms. The third-order valence-corrected chi connectivity index (χ3v) is 2.57. The lowest BCUT2D eigenvalue weighted by Crippen LogP contribution is -1.93. The van der Waals surface area contributed by atoms with Crippen LogP contribution in [0.15, 0.2) is 28.7 Å². The Labute approximate surface area is 70.3 Å². The second-order valence-electron chi connectivity index (χ2n) is 2.15. The molecule has 1 aliphatic rings. The van der Waals surface area contributed by atoms with Crippen molar-refractivity contribution in [1.29, 1.82) is 0 Å². The minimum absolute atomic E-state index is 0.0877. The van der Waals surface area contributed by atoms with Crippen molar-refractivity contribution in [2.45, 2.75) is 6.92 Å². The molecule has 0 unspecified atom stereocenters. The average molecular weight is 190 g/mol. The summed E-state index contributed by atoms with van der Waals surface area (Å²) in [4.78, 5) is 0.0877. The third-order valence-electron chi connectivity index (χ3n) is 1.22. The molecule has 0 fully saturated rings. The van der Waals surface area contributed by atoms with Gasteiger partial charge in [0.15, 0.2) is 4.91 Å². The van der Waals surface area contributed by atoms with Gasteiger partial charge >= 0.3 is 9.05 Å². The monoisotopic (exact) mass is 189 g/mol. The number of allylic oxidation sites excluding steroid dienone is 5. The van der Waals surface area contributed by atoms with Gasteiger partial charge in [0.1, 0.15) is 11.6 Å². The molecule has 0 aromatic rings. The molecule has 0 heterocycles. The van der Waals surface area contributed by atoms with Gasteiger partial charge in [-0.25, -0.2) is 0 Å². The summed E-state index contributed by atoms with van der Waals surface area (Å²) in [6, 6.07) is 0. The van der Waals surface area contributed by atoms with Crippen LogP contribution in [0.5, 0.6) is 0 Å². The van der Waals surface area contributed by atoms with Crippen LogP contribution in [0.1, 0.15) is 6.92 Å². The van der Waals surface area contributed by atoms with E-state index >= 15 is 0 Å². The first-order valence-electron chi connectivity index (χ1n) is 2.93. The maximum absolute atomic E-state index is 10.7. The van der Waals surface area contributed by atoms with Crippen molar-refractivity contribution in [3.05, 3.63) is 34.8 Å². The summed E-state index contributed by atoms with van der Waals surface area (Å²) in [5, 5.41) is 0. The van der Waals surface area contributed by atoms with Crippen molar-refractivity contribution in [3.8, 4) is 0 Å². The van der Waals surface area contributed by atoms with Gasteiger partial charge in [0.05, 0.1) is 12.2 Å². The summed E-state index contributed by atoms with van der Waals surface area (Å²) >= 11 is 0. The van der Waals surface area contributed by atoms with Gasteiger partial charge in [-0.2, -0.15) is 8.42 Å². The predicted octanol–water partition coefficient (Wildman–Crippen LogP) is 1.76. The molecule has 0 bridgehead atoms. The van der Waals surface area contributed by atoms with E-state index in [0.717, 1.165) is 5.57 Å². The largest absolute Gasteiger partial charge is 0.307 e. The van der Waals surface area contributed by atoms with E-state index < -0.39 is 9.05 Å². The van der Waals surface area contributed by atoms with Gasteiger partial charge in [-0.05, 0) is 6.92 Å². The van der Waals surface area contributed by atoms with Crippen LogP contribution >= 0.6 is 10.7 Å². The molecule has 0 spiro atoms. The summed E-state index contributed by atoms with van der Waals surface area (Å²) in [6.45, 7) is 1.82. The standard InChI is InChI=1S/C7H6ClO2S/c1-6-2-4-7(5-3-6)11(8,9)10/h2,4-5H,1H3/q+1. The minimum atomic E-state index is -3.58. The maximum Gasteiger partial charge on any atom is 0.307 e. The van der Waals surface area contributed by atoms with E-state index in [1.54, 1.807) is 6.08 Å². The smallest absolute Gasteiger partial charge is 0.193 e. The average Bonchev–Trinajstić information content (AvgIpc) is 1.86. The highest BCUT2D eigenvalue weighted by atomic mass is 35.7. The summed E-state index contributed by atoms with van der Waals surface area (Å²) in [6.07, 6.45) is 7.20. The minimum Gasteiger partial charge on any atom is -0.193 e. The topological polar surface area (TPSA) is 34.1 Å². The molecule has 0 aromatic heterocycles. The van der Waals surface area contributed by atoms with Crippen LogP contribution < -0.4 is 0 Å². The van der Waals surface area contributed by atoms with Gasteiger partial charge in [-0.15, -0.1) is 0 Å². The Hall–Kier alpha value is -0.630. The Morgan fingerprint density at radius 3 is 2.45 bits per heavy atom. The lowest BCUT2D eigenvalue weighted by molar-refractivity contribution is 0.615. The molecular weight excluding hydrogens is 184 g/mol.